The summed E-state index contributed by atoms with van der Waals surface area (Å²) < 4.78 is 44.1. The van der Waals surface area contributed by atoms with Crippen molar-refractivity contribution in [2.45, 2.75) is 12.7 Å². The van der Waals surface area contributed by atoms with Gasteiger partial charge >= 0.3 is 6.18 Å². The summed E-state index contributed by atoms with van der Waals surface area (Å²) in [6.45, 7) is 6.55. The van der Waals surface area contributed by atoms with Crippen LogP contribution in [0.25, 0.3) is 11.3 Å². The van der Waals surface area contributed by atoms with E-state index in [1.54, 1.807) is 18.2 Å². The Morgan fingerprint density at radius 1 is 1.12 bits per heavy atom. The second kappa shape index (κ2) is 8.03. The maximum absolute atomic E-state index is 12.8. The Hall–Kier alpha value is -1.83. The van der Waals surface area contributed by atoms with Crippen molar-refractivity contribution in [2.24, 2.45) is 0 Å². The Labute approximate surface area is 145 Å². The summed E-state index contributed by atoms with van der Waals surface area (Å²) in [4.78, 5) is 2.39. The van der Waals surface area contributed by atoms with Gasteiger partial charge in [-0.1, -0.05) is 12.1 Å². The second-order valence-corrected chi connectivity index (χ2v) is 6.11. The van der Waals surface area contributed by atoms with Crippen molar-refractivity contribution in [3.05, 3.63) is 47.7 Å². The van der Waals surface area contributed by atoms with Gasteiger partial charge in [0.2, 0.25) is 0 Å². The molecule has 0 atom stereocenters. The van der Waals surface area contributed by atoms with Gasteiger partial charge in [0, 0.05) is 44.8 Å². The van der Waals surface area contributed by atoms with Crippen molar-refractivity contribution < 1.29 is 17.6 Å². The summed E-state index contributed by atoms with van der Waals surface area (Å²) >= 11 is 0. The van der Waals surface area contributed by atoms with Crippen LogP contribution in [-0.2, 0) is 12.7 Å². The van der Waals surface area contributed by atoms with E-state index in [2.05, 4.69) is 15.5 Å². The monoisotopic (exact) mass is 353 g/mol. The Morgan fingerprint density at radius 2 is 1.92 bits per heavy atom. The van der Waals surface area contributed by atoms with E-state index in [1.807, 2.05) is 0 Å². The van der Waals surface area contributed by atoms with E-state index in [0.717, 1.165) is 51.4 Å². The Morgan fingerprint density at radius 3 is 2.68 bits per heavy atom. The quantitative estimate of drug-likeness (QED) is 0.784. The van der Waals surface area contributed by atoms with Gasteiger partial charge in [-0.3, -0.25) is 4.90 Å². The molecule has 1 aliphatic heterocycles. The highest BCUT2D eigenvalue weighted by molar-refractivity contribution is 5.58. The molecule has 25 heavy (non-hydrogen) atoms. The number of piperazine rings is 1. The lowest BCUT2D eigenvalue weighted by atomic mass is 10.1. The average molecular weight is 353 g/mol. The van der Waals surface area contributed by atoms with E-state index < -0.39 is 11.7 Å². The highest BCUT2D eigenvalue weighted by Gasteiger charge is 2.30. The number of alkyl halides is 3. The van der Waals surface area contributed by atoms with Crippen molar-refractivity contribution in [1.82, 2.24) is 15.5 Å². The first kappa shape index (κ1) is 18.0. The van der Waals surface area contributed by atoms with Gasteiger partial charge in [-0.05, 0) is 24.3 Å². The van der Waals surface area contributed by atoms with Crippen LogP contribution in [0.4, 0.5) is 13.2 Å². The molecule has 1 saturated heterocycles. The summed E-state index contributed by atoms with van der Waals surface area (Å²) in [6.07, 6.45) is -4.35. The van der Waals surface area contributed by atoms with Gasteiger partial charge in [0.25, 0.3) is 0 Å². The molecule has 0 amide bonds. The molecular weight excluding hydrogens is 331 g/mol. The number of hydrogen-bond acceptors (Lipinski definition) is 4. The minimum absolute atomic E-state index is 0.432. The van der Waals surface area contributed by atoms with Crippen LogP contribution >= 0.6 is 0 Å². The van der Waals surface area contributed by atoms with Gasteiger partial charge in [-0.25, -0.2) is 0 Å². The fourth-order valence-corrected chi connectivity index (χ4v) is 2.86. The molecule has 0 saturated carbocycles. The SMILES string of the molecule is FC(F)(F)c1cccc(-c2ccc(CNCCN3CCNCC3)o2)c1. The molecule has 3 rings (SSSR count). The second-order valence-electron chi connectivity index (χ2n) is 6.11. The third-order valence-corrected chi connectivity index (χ3v) is 4.25. The molecule has 1 aromatic heterocycles. The van der Waals surface area contributed by atoms with E-state index >= 15 is 0 Å². The predicted molar refractivity (Wildman–Crippen MR) is 90.2 cm³/mol. The lowest BCUT2D eigenvalue weighted by Crippen LogP contribution is -2.45. The zero-order valence-corrected chi connectivity index (χ0v) is 13.9. The smallest absolute Gasteiger partial charge is 0.416 e. The standard InChI is InChI=1S/C18H22F3N3O/c19-18(20,21)15-3-1-2-14(12-15)17-5-4-16(25-17)13-23-8-11-24-9-6-22-7-10-24/h1-5,12,22-23H,6-11,13H2. The van der Waals surface area contributed by atoms with Crippen LogP contribution in [0.5, 0.6) is 0 Å². The van der Waals surface area contributed by atoms with E-state index in [4.69, 9.17) is 4.42 Å². The Kier molecular flexibility index (Phi) is 5.78. The normalized spacial score (nSPS) is 16.3. The van der Waals surface area contributed by atoms with Crippen molar-refractivity contribution in [3.8, 4) is 11.3 Å². The number of nitrogens with zero attached hydrogens (tertiary/aromatic N) is 1. The van der Waals surface area contributed by atoms with Crippen molar-refractivity contribution in [3.63, 3.8) is 0 Å². The topological polar surface area (TPSA) is 40.4 Å². The van der Waals surface area contributed by atoms with Gasteiger partial charge in [-0.2, -0.15) is 13.2 Å². The Balaban J connectivity index is 1.52. The van der Waals surface area contributed by atoms with Gasteiger partial charge in [0.15, 0.2) is 0 Å². The van der Waals surface area contributed by atoms with Crippen LogP contribution in [0.1, 0.15) is 11.3 Å². The summed E-state index contributed by atoms with van der Waals surface area (Å²) in [6, 6.07) is 8.70. The van der Waals surface area contributed by atoms with Crippen LogP contribution < -0.4 is 10.6 Å². The molecule has 2 aromatic rings. The van der Waals surface area contributed by atoms with E-state index in [1.165, 1.54) is 6.07 Å². The molecule has 0 bridgehead atoms. The molecule has 2 heterocycles. The molecule has 0 unspecified atom stereocenters. The number of rotatable bonds is 6. The fraction of sp³-hybridized carbons (Fsp3) is 0.444. The minimum atomic E-state index is -4.35. The van der Waals surface area contributed by atoms with Crippen LogP contribution in [0, 0.1) is 0 Å². The van der Waals surface area contributed by atoms with Crippen LogP contribution in [0.2, 0.25) is 0 Å². The zero-order valence-electron chi connectivity index (χ0n) is 13.9. The molecule has 4 nitrogen and oxygen atoms in total. The molecule has 1 fully saturated rings. The molecular formula is C18H22F3N3O. The summed E-state index contributed by atoms with van der Waals surface area (Å²) in [5.74, 6) is 1.16. The number of nitrogens with one attached hydrogen (secondary N) is 2. The van der Waals surface area contributed by atoms with Gasteiger partial charge in [0.1, 0.15) is 11.5 Å². The summed E-state index contributed by atoms with van der Waals surface area (Å²) in [5, 5.41) is 6.63. The number of benzene rings is 1. The molecule has 7 heteroatoms. The van der Waals surface area contributed by atoms with Gasteiger partial charge in [-0.15, -0.1) is 0 Å². The minimum Gasteiger partial charge on any atom is -0.460 e. The van der Waals surface area contributed by atoms with Crippen molar-refractivity contribution in [2.75, 3.05) is 39.3 Å². The third-order valence-electron chi connectivity index (χ3n) is 4.25. The molecule has 0 aliphatic carbocycles. The van der Waals surface area contributed by atoms with E-state index in [9.17, 15) is 13.2 Å². The first-order valence-corrected chi connectivity index (χ1v) is 8.42. The maximum Gasteiger partial charge on any atom is 0.416 e. The van der Waals surface area contributed by atoms with Crippen LogP contribution in [0.3, 0.4) is 0 Å². The van der Waals surface area contributed by atoms with Gasteiger partial charge in [0.05, 0.1) is 12.1 Å². The third kappa shape index (κ3) is 5.07. The predicted octanol–water partition coefficient (Wildman–Crippen LogP) is 2.96. The molecule has 1 aromatic carbocycles. The summed E-state index contributed by atoms with van der Waals surface area (Å²) in [7, 11) is 0. The Bertz CT molecular complexity index is 678. The van der Waals surface area contributed by atoms with E-state index in [0.29, 0.717) is 23.6 Å². The van der Waals surface area contributed by atoms with Gasteiger partial charge < -0.3 is 15.1 Å². The molecule has 1 aliphatic rings. The fourth-order valence-electron chi connectivity index (χ4n) is 2.86. The average Bonchev–Trinajstić information content (AvgIpc) is 3.08. The molecule has 136 valence electrons. The number of halogens is 3. The molecule has 0 spiro atoms. The van der Waals surface area contributed by atoms with Crippen LogP contribution in [0.15, 0.2) is 40.8 Å². The van der Waals surface area contributed by atoms with Crippen molar-refractivity contribution in [1.29, 1.82) is 0 Å². The number of furan rings is 1. The molecule has 0 radical (unpaired) electrons. The highest BCUT2D eigenvalue weighted by atomic mass is 19.4. The van der Waals surface area contributed by atoms with Crippen molar-refractivity contribution >= 4 is 0 Å². The lowest BCUT2D eigenvalue weighted by Gasteiger charge is -2.27. The lowest BCUT2D eigenvalue weighted by molar-refractivity contribution is -0.137. The van der Waals surface area contributed by atoms with E-state index in [-0.39, 0.29) is 0 Å². The summed E-state index contributed by atoms with van der Waals surface area (Å²) in [5.41, 5.74) is -0.237. The maximum atomic E-state index is 12.8. The van der Waals surface area contributed by atoms with Crippen LogP contribution in [-0.4, -0.2) is 44.2 Å². The zero-order chi connectivity index (χ0) is 17.7. The largest absolute Gasteiger partial charge is 0.460 e. The first-order chi connectivity index (χ1) is 12.0. The number of hydrogen-bond donors (Lipinski definition) is 2. The highest BCUT2D eigenvalue weighted by Crippen LogP contribution is 2.32. The first-order valence-electron chi connectivity index (χ1n) is 8.42. The molecule has 2 N–H and O–H groups in total.